The Bertz CT molecular complexity index is 456. The molecule has 0 bridgehead atoms. The van der Waals surface area contributed by atoms with Crippen molar-refractivity contribution in [1.29, 1.82) is 0 Å². The Kier molecular flexibility index (Phi) is 2.93. The van der Waals surface area contributed by atoms with E-state index in [-0.39, 0.29) is 11.3 Å². The quantitative estimate of drug-likeness (QED) is 0.891. The smallest absolute Gasteiger partial charge is 0.289 e. The first-order chi connectivity index (χ1) is 9.10. The van der Waals surface area contributed by atoms with Gasteiger partial charge < -0.3 is 14.4 Å². The number of carbonyl (C=O) groups is 1. The van der Waals surface area contributed by atoms with Gasteiger partial charge in [-0.1, -0.05) is 6.92 Å². The zero-order chi connectivity index (χ0) is 13.5. The molecule has 1 aromatic rings. The van der Waals surface area contributed by atoms with Crippen LogP contribution in [0.5, 0.6) is 0 Å². The second-order valence-corrected chi connectivity index (χ2v) is 5.93. The van der Waals surface area contributed by atoms with E-state index >= 15 is 0 Å². The summed E-state index contributed by atoms with van der Waals surface area (Å²) in [5.74, 6) is 0.384. The summed E-state index contributed by atoms with van der Waals surface area (Å²) in [5, 5.41) is 10.6. The molecule has 0 aromatic carbocycles. The van der Waals surface area contributed by atoms with Gasteiger partial charge in [0, 0.05) is 18.5 Å². The average Bonchev–Trinajstić information content (AvgIpc) is 2.98. The van der Waals surface area contributed by atoms with Crippen molar-refractivity contribution in [3.63, 3.8) is 0 Å². The van der Waals surface area contributed by atoms with Crippen LogP contribution in [-0.2, 0) is 0 Å². The molecule has 1 spiro atoms. The van der Waals surface area contributed by atoms with Gasteiger partial charge >= 0.3 is 0 Å². The molecule has 1 aliphatic heterocycles. The van der Waals surface area contributed by atoms with Crippen molar-refractivity contribution in [1.82, 2.24) is 4.90 Å². The highest BCUT2D eigenvalue weighted by atomic mass is 16.3. The molecule has 1 aliphatic carbocycles. The summed E-state index contributed by atoms with van der Waals surface area (Å²) in [7, 11) is 0. The SMILES string of the molecule is CCC1(O)CCC12CCN(C(=O)c1ccco1)CC2. The molecule has 4 heteroatoms. The molecule has 1 N–H and O–H groups in total. The summed E-state index contributed by atoms with van der Waals surface area (Å²) >= 11 is 0. The molecule has 19 heavy (non-hydrogen) atoms. The van der Waals surface area contributed by atoms with Crippen LogP contribution in [0.3, 0.4) is 0 Å². The number of amides is 1. The molecule has 2 aliphatic rings. The Morgan fingerprint density at radius 3 is 2.58 bits per heavy atom. The van der Waals surface area contributed by atoms with Crippen molar-refractivity contribution in [2.75, 3.05) is 13.1 Å². The Hall–Kier alpha value is -1.29. The highest BCUT2D eigenvalue weighted by Gasteiger charge is 2.57. The fourth-order valence-electron chi connectivity index (χ4n) is 3.73. The highest BCUT2D eigenvalue weighted by Crippen LogP contribution is 2.57. The number of furan rings is 1. The molecular weight excluding hydrogens is 242 g/mol. The monoisotopic (exact) mass is 263 g/mol. The van der Waals surface area contributed by atoms with Gasteiger partial charge in [0.1, 0.15) is 0 Å². The second-order valence-electron chi connectivity index (χ2n) is 5.93. The van der Waals surface area contributed by atoms with Gasteiger partial charge in [-0.3, -0.25) is 4.79 Å². The van der Waals surface area contributed by atoms with E-state index in [2.05, 4.69) is 6.92 Å². The number of likely N-dealkylation sites (tertiary alicyclic amines) is 1. The Morgan fingerprint density at radius 2 is 2.11 bits per heavy atom. The lowest BCUT2D eigenvalue weighted by atomic mass is 9.51. The lowest BCUT2D eigenvalue weighted by Gasteiger charge is -2.59. The lowest BCUT2D eigenvalue weighted by Crippen LogP contribution is -2.61. The molecule has 1 unspecified atom stereocenters. The van der Waals surface area contributed by atoms with Crippen LogP contribution < -0.4 is 0 Å². The summed E-state index contributed by atoms with van der Waals surface area (Å²) in [5.41, 5.74) is -0.436. The molecule has 2 heterocycles. The number of rotatable bonds is 2. The van der Waals surface area contributed by atoms with Crippen molar-refractivity contribution in [2.45, 2.75) is 44.6 Å². The second kappa shape index (κ2) is 4.37. The van der Waals surface area contributed by atoms with E-state index in [1.54, 1.807) is 12.1 Å². The molecule has 104 valence electrons. The molecule has 3 rings (SSSR count). The number of piperidine rings is 1. The highest BCUT2D eigenvalue weighted by molar-refractivity contribution is 5.91. The van der Waals surface area contributed by atoms with E-state index in [0.29, 0.717) is 5.76 Å². The number of nitrogens with zero attached hydrogens (tertiary/aromatic N) is 1. The molecule has 1 amide bonds. The van der Waals surface area contributed by atoms with Crippen molar-refractivity contribution in [3.8, 4) is 0 Å². The maximum absolute atomic E-state index is 12.2. The molecular formula is C15H21NO3. The maximum atomic E-state index is 12.2. The minimum absolute atomic E-state index is 0.0285. The standard InChI is InChI=1S/C15H21NO3/c1-2-15(18)6-5-14(15)7-9-16(10-8-14)13(17)12-4-3-11-19-12/h3-4,11,18H,2,5-10H2,1H3. The van der Waals surface area contributed by atoms with E-state index in [4.69, 9.17) is 4.42 Å². The van der Waals surface area contributed by atoms with Crippen LogP contribution in [0.25, 0.3) is 0 Å². The van der Waals surface area contributed by atoms with E-state index < -0.39 is 5.60 Å². The first-order valence-corrected chi connectivity index (χ1v) is 7.15. The van der Waals surface area contributed by atoms with Gasteiger partial charge in [-0.2, -0.15) is 0 Å². The zero-order valence-corrected chi connectivity index (χ0v) is 11.4. The fourth-order valence-corrected chi connectivity index (χ4v) is 3.73. The molecule has 2 fully saturated rings. The molecule has 4 nitrogen and oxygen atoms in total. The number of carbonyl (C=O) groups excluding carboxylic acids is 1. The van der Waals surface area contributed by atoms with Crippen molar-refractivity contribution >= 4 is 5.91 Å². The Labute approximate surface area is 113 Å². The van der Waals surface area contributed by atoms with Crippen LogP contribution >= 0.6 is 0 Å². The third kappa shape index (κ3) is 1.81. The third-order valence-electron chi connectivity index (χ3n) is 5.33. The van der Waals surface area contributed by atoms with Crippen molar-refractivity contribution < 1.29 is 14.3 Å². The summed E-state index contributed by atoms with van der Waals surface area (Å²) in [6.45, 7) is 3.50. The number of aliphatic hydroxyl groups is 1. The average molecular weight is 263 g/mol. The molecule has 1 saturated heterocycles. The number of hydrogen-bond acceptors (Lipinski definition) is 3. The third-order valence-corrected chi connectivity index (χ3v) is 5.33. The topological polar surface area (TPSA) is 53.7 Å². The van der Waals surface area contributed by atoms with Gasteiger partial charge in [0.2, 0.25) is 0 Å². The summed E-state index contributed by atoms with van der Waals surface area (Å²) in [6.07, 6.45) is 6.17. The van der Waals surface area contributed by atoms with Crippen LogP contribution in [-0.4, -0.2) is 34.6 Å². The predicted octanol–water partition coefficient (Wildman–Crippen LogP) is 2.44. The van der Waals surface area contributed by atoms with Gasteiger partial charge in [-0.05, 0) is 44.2 Å². The van der Waals surface area contributed by atoms with Gasteiger partial charge in [0.15, 0.2) is 5.76 Å². The van der Waals surface area contributed by atoms with Crippen molar-refractivity contribution in [2.24, 2.45) is 5.41 Å². The summed E-state index contributed by atoms with van der Waals surface area (Å²) in [4.78, 5) is 14.0. The van der Waals surface area contributed by atoms with E-state index in [1.165, 1.54) is 6.26 Å². The Balaban J connectivity index is 1.66. The van der Waals surface area contributed by atoms with Gasteiger partial charge in [-0.15, -0.1) is 0 Å². The maximum Gasteiger partial charge on any atom is 0.289 e. The van der Waals surface area contributed by atoms with Crippen LogP contribution in [0.2, 0.25) is 0 Å². The van der Waals surface area contributed by atoms with E-state index in [9.17, 15) is 9.90 Å². The van der Waals surface area contributed by atoms with Crippen LogP contribution in [0.4, 0.5) is 0 Å². The summed E-state index contributed by atoms with van der Waals surface area (Å²) in [6, 6.07) is 3.44. The minimum atomic E-state index is -0.493. The minimum Gasteiger partial charge on any atom is -0.459 e. The van der Waals surface area contributed by atoms with Crippen molar-refractivity contribution in [3.05, 3.63) is 24.2 Å². The Morgan fingerprint density at radius 1 is 1.37 bits per heavy atom. The van der Waals surface area contributed by atoms with Gasteiger partial charge in [-0.25, -0.2) is 0 Å². The first-order valence-electron chi connectivity index (χ1n) is 7.15. The van der Waals surface area contributed by atoms with Gasteiger partial charge in [0.25, 0.3) is 5.91 Å². The lowest BCUT2D eigenvalue weighted by molar-refractivity contribution is -0.188. The summed E-state index contributed by atoms with van der Waals surface area (Å²) < 4.78 is 5.16. The van der Waals surface area contributed by atoms with Gasteiger partial charge in [0.05, 0.1) is 11.9 Å². The largest absolute Gasteiger partial charge is 0.459 e. The fraction of sp³-hybridized carbons (Fsp3) is 0.667. The first kappa shape index (κ1) is 12.7. The van der Waals surface area contributed by atoms with E-state index in [0.717, 1.165) is 45.2 Å². The van der Waals surface area contributed by atoms with E-state index in [1.807, 2.05) is 4.90 Å². The molecule has 1 atom stereocenters. The van der Waals surface area contributed by atoms with Crippen LogP contribution in [0, 0.1) is 5.41 Å². The number of hydrogen-bond donors (Lipinski definition) is 1. The van der Waals surface area contributed by atoms with Crippen LogP contribution in [0.1, 0.15) is 49.6 Å². The van der Waals surface area contributed by atoms with Crippen LogP contribution in [0.15, 0.2) is 22.8 Å². The normalized spacial score (nSPS) is 29.3. The molecule has 0 radical (unpaired) electrons. The molecule has 1 saturated carbocycles. The molecule has 1 aromatic heterocycles. The predicted molar refractivity (Wildman–Crippen MR) is 70.8 cm³/mol. The zero-order valence-electron chi connectivity index (χ0n) is 11.4.